The van der Waals surface area contributed by atoms with Gasteiger partial charge >= 0.3 is 0 Å². The maximum absolute atomic E-state index is 12.8. The standard InChI is InChI=1S/C16H22N4.C9H6F2N2/c1-11-6-5-7-13(8-11)19-15(17)20-14-9-12(10-18-14)16(2,3)4;1-5-6-2-7(10)8(11)3-9(6)13-4-12-5/h5-9H,10H2,1-4H3,(H3,17,18,19,20);2-4H,1H3. The number of aromatic nitrogens is 2. The lowest BCUT2D eigenvalue weighted by molar-refractivity contribution is 0.499. The highest BCUT2D eigenvalue weighted by atomic mass is 19.2. The van der Waals surface area contributed by atoms with E-state index in [4.69, 9.17) is 5.73 Å². The molecule has 0 amide bonds. The molecule has 0 fully saturated rings. The number of nitrogens with one attached hydrogen (secondary N) is 1. The Hall–Kier alpha value is -3.68. The number of amidine groups is 1. The number of halogens is 2. The van der Waals surface area contributed by atoms with Crippen molar-refractivity contribution in [2.75, 3.05) is 11.9 Å². The molecule has 6 nitrogen and oxygen atoms in total. The van der Waals surface area contributed by atoms with Gasteiger partial charge in [0.2, 0.25) is 0 Å². The first-order valence-electron chi connectivity index (χ1n) is 10.5. The van der Waals surface area contributed by atoms with E-state index in [0.717, 1.165) is 17.8 Å². The molecule has 0 saturated heterocycles. The highest BCUT2D eigenvalue weighted by molar-refractivity contribution is 6.07. The minimum Gasteiger partial charge on any atom is -0.369 e. The number of aryl methyl sites for hydroxylation is 2. The largest absolute Gasteiger partial charge is 0.369 e. The summed E-state index contributed by atoms with van der Waals surface area (Å²) in [6.45, 7) is 11.0. The average Bonchev–Trinajstić information content (AvgIpc) is 3.19. The van der Waals surface area contributed by atoms with Crippen LogP contribution in [0.3, 0.4) is 0 Å². The van der Waals surface area contributed by atoms with E-state index in [1.165, 1.54) is 17.5 Å². The molecule has 3 aromatic rings. The molecule has 0 unspecified atom stereocenters. The van der Waals surface area contributed by atoms with Gasteiger partial charge in [-0.25, -0.2) is 18.7 Å². The monoisotopic (exact) mass is 450 g/mol. The predicted octanol–water partition coefficient (Wildman–Crippen LogP) is 5.32. The molecule has 3 N–H and O–H groups in total. The van der Waals surface area contributed by atoms with Crippen LogP contribution in [0.1, 0.15) is 32.0 Å². The fourth-order valence-corrected chi connectivity index (χ4v) is 3.14. The van der Waals surface area contributed by atoms with Crippen molar-refractivity contribution in [1.82, 2.24) is 9.97 Å². The van der Waals surface area contributed by atoms with E-state index in [1.54, 1.807) is 6.92 Å². The molecule has 4 rings (SSSR count). The van der Waals surface area contributed by atoms with E-state index >= 15 is 0 Å². The molecule has 0 atom stereocenters. The molecule has 1 aromatic heterocycles. The van der Waals surface area contributed by atoms with Crippen LogP contribution in [-0.2, 0) is 0 Å². The van der Waals surface area contributed by atoms with Crippen molar-refractivity contribution >= 4 is 28.4 Å². The van der Waals surface area contributed by atoms with Crippen molar-refractivity contribution in [1.29, 1.82) is 0 Å². The minimum atomic E-state index is -0.884. The maximum atomic E-state index is 12.8. The van der Waals surface area contributed by atoms with E-state index < -0.39 is 11.6 Å². The van der Waals surface area contributed by atoms with Crippen LogP contribution in [0.5, 0.6) is 0 Å². The van der Waals surface area contributed by atoms with Crippen LogP contribution in [0.4, 0.5) is 14.5 Å². The lowest BCUT2D eigenvalue weighted by atomic mass is 9.87. The van der Waals surface area contributed by atoms with Crippen LogP contribution in [0, 0.1) is 30.9 Å². The lowest BCUT2D eigenvalue weighted by Crippen LogP contribution is -2.23. The van der Waals surface area contributed by atoms with Crippen molar-refractivity contribution in [2.45, 2.75) is 34.6 Å². The lowest BCUT2D eigenvalue weighted by Gasteiger charge is -2.18. The quantitative estimate of drug-likeness (QED) is 0.388. The first kappa shape index (κ1) is 24.0. The summed E-state index contributed by atoms with van der Waals surface area (Å²) in [7, 11) is 0. The average molecular weight is 451 g/mol. The fourth-order valence-electron chi connectivity index (χ4n) is 3.14. The molecule has 0 radical (unpaired) electrons. The zero-order valence-electron chi connectivity index (χ0n) is 19.4. The Morgan fingerprint density at radius 1 is 1.06 bits per heavy atom. The summed E-state index contributed by atoms with van der Waals surface area (Å²) in [5, 5.41) is 3.62. The first-order valence-corrected chi connectivity index (χ1v) is 10.5. The molecule has 33 heavy (non-hydrogen) atoms. The third-order valence-electron chi connectivity index (χ3n) is 5.08. The van der Waals surface area contributed by atoms with E-state index in [9.17, 15) is 8.78 Å². The zero-order chi connectivity index (χ0) is 24.2. The summed E-state index contributed by atoms with van der Waals surface area (Å²) in [5.74, 6) is -0.704. The number of rotatable bonds is 1. The van der Waals surface area contributed by atoms with Gasteiger partial charge in [0.1, 0.15) is 6.33 Å². The van der Waals surface area contributed by atoms with Crippen LogP contribution >= 0.6 is 0 Å². The molecule has 1 aliphatic rings. The van der Waals surface area contributed by atoms with Crippen LogP contribution in [-0.4, -0.2) is 28.3 Å². The topological polar surface area (TPSA) is 88.5 Å². The van der Waals surface area contributed by atoms with Gasteiger partial charge in [-0.05, 0) is 54.7 Å². The first-order chi connectivity index (χ1) is 15.5. The van der Waals surface area contributed by atoms with Gasteiger partial charge in [0.25, 0.3) is 0 Å². The Balaban J connectivity index is 0.000000203. The minimum absolute atomic E-state index is 0.125. The number of hydrogen-bond acceptors (Lipinski definition) is 4. The van der Waals surface area contributed by atoms with Crippen molar-refractivity contribution in [3.63, 3.8) is 0 Å². The third-order valence-corrected chi connectivity index (χ3v) is 5.08. The van der Waals surface area contributed by atoms with Gasteiger partial charge in [0.15, 0.2) is 23.4 Å². The summed E-state index contributed by atoms with van der Waals surface area (Å²) in [5.41, 5.74) is 10.5. The van der Waals surface area contributed by atoms with Crippen molar-refractivity contribution in [2.24, 2.45) is 21.1 Å². The molecule has 0 spiro atoms. The Labute approximate surface area is 192 Å². The molecule has 2 heterocycles. The number of anilines is 1. The van der Waals surface area contributed by atoms with Crippen LogP contribution < -0.4 is 11.1 Å². The molecule has 2 aromatic carbocycles. The molecule has 8 heteroatoms. The van der Waals surface area contributed by atoms with Crippen LogP contribution in [0.2, 0.25) is 0 Å². The number of aliphatic imine (C=N–C) groups is 2. The van der Waals surface area contributed by atoms with Gasteiger partial charge in [-0.2, -0.15) is 4.99 Å². The Bertz CT molecular complexity index is 1260. The number of benzene rings is 2. The van der Waals surface area contributed by atoms with Gasteiger partial charge in [-0.15, -0.1) is 0 Å². The summed E-state index contributed by atoms with van der Waals surface area (Å²) >= 11 is 0. The van der Waals surface area contributed by atoms with Crippen molar-refractivity contribution < 1.29 is 8.78 Å². The number of nitrogens with two attached hydrogens (primary N) is 1. The van der Waals surface area contributed by atoms with Gasteiger partial charge in [0.05, 0.1) is 12.1 Å². The summed E-state index contributed by atoms with van der Waals surface area (Å²) in [6.07, 6.45) is 3.35. The van der Waals surface area contributed by atoms with E-state index in [-0.39, 0.29) is 5.41 Å². The molecule has 1 aliphatic heterocycles. The number of fused-ring (bicyclic) bond motifs is 1. The second-order valence-corrected chi connectivity index (χ2v) is 8.83. The molecular formula is C25H28F2N6. The Morgan fingerprint density at radius 2 is 1.79 bits per heavy atom. The van der Waals surface area contributed by atoms with E-state index in [0.29, 0.717) is 34.9 Å². The second kappa shape index (κ2) is 9.85. The van der Waals surface area contributed by atoms with Gasteiger partial charge < -0.3 is 11.1 Å². The predicted molar refractivity (Wildman–Crippen MR) is 130 cm³/mol. The molecule has 0 aliphatic carbocycles. The highest BCUT2D eigenvalue weighted by Gasteiger charge is 2.20. The van der Waals surface area contributed by atoms with E-state index in [1.807, 2.05) is 37.3 Å². The maximum Gasteiger partial charge on any atom is 0.199 e. The Morgan fingerprint density at radius 3 is 2.45 bits per heavy atom. The highest BCUT2D eigenvalue weighted by Crippen LogP contribution is 2.28. The third kappa shape index (κ3) is 6.41. The molecule has 0 saturated carbocycles. The zero-order valence-corrected chi connectivity index (χ0v) is 19.4. The summed E-state index contributed by atoms with van der Waals surface area (Å²) < 4.78 is 25.5. The number of guanidine groups is 1. The summed E-state index contributed by atoms with van der Waals surface area (Å²) in [4.78, 5) is 16.4. The Kier molecular flexibility index (Phi) is 7.16. The normalized spacial score (nSPS) is 13.8. The van der Waals surface area contributed by atoms with Crippen LogP contribution in [0.25, 0.3) is 10.9 Å². The molecule has 172 valence electrons. The molecule has 0 bridgehead atoms. The van der Waals surface area contributed by atoms with Crippen molar-refractivity contribution in [3.8, 4) is 0 Å². The summed E-state index contributed by atoms with van der Waals surface area (Å²) in [6, 6.07) is 10.2. The fraction of sp³-hybridized carbons (Fsp3) is 0.280. The number of hydrogen-bond donors (Lipinski definition) is 2. The van der Waals surface area contributed by atoms with Crippen molar-refractivity contribution in [3.05, 3.63) is 77.3 Å². The van der Waals surface area contributed by atoms with Gasteiger partial charge in [0, 0.05) is 22.8 Å². The van der Waals surface area contributed by atoms with Crippen LogP contribution in [0.15, 0.2) is 64.4 Å². The number of nitrogens with zero attached hydrogens (tertiary/aromatic N) is 4. The van der Waals surface area contributed by atoms with E-state index in [2.05, 4.69) is 46.0 Å². The smallest absolute Gasteiger partial charge is 0.199 e. The molecular weight excluding hydrogens is 422 g/mol. The second-order valence-electron chi connectivity index (χ2n) is 8.83. The van der Waals surface area contributed by atoms with Gasteiger partial charge in [-0.3, -0.25) is 4.99 Å². The SMILES string of the molecule is Cc1cccc(NC(N)=NC2=NCC(C(C)(C)C)=C2)c1.Cc1ncnc2cc(F)c(F)cc12. The van der Waals surface area contributed by atoms with Gasteiger partial charge in [-0.1, -0.05) is 32.9 Å².